The molecule has 0 unspecified atom stereocenters. The van der Waals surface area contributed by atoms with Crippen LogP contribution in [0, 0.1) is 11.7 Å². The summed E-state index contributed by atoms with van der Waals surface area (Å²) in [5, 5.41) is 2.24. The molecule has 0 atom stereocenters. The maximum atomic E-state index is 13.5. The molecule has 0 heterocycles. The number of carbonyl (C=O) groups is 2. The van der Waals surface area contributed by atoms with Crippen molar-refractivity contribution in [1.29, 1.82) is 0 Å². The van der Waals surface area contributed by atoms with Gasteiger partial charge < -0.3 is 4.74 Å². The molecular weight excluding hydrogens is 249 g/mol. The van der Waals surface area contributed by atoms with E-state index in [1.54, 1.807) is 0 Å². The first-order valence-electron chi connectivity index (χ1n) is 6.28. The minimum absolute atomic E-state index is 0.0279. The fourth-order valence-corrected chi connectivity index (χ4v) is 1.84. The number of hydrogen-bond donors (Lipinski definition) is 1. The van der Waals surface area contributed by atoms with Gasteiger partial charge in [0.1, 0.15) is 5.82 Å². The average molecular weight is 265 g/mol. The summed E-state index contributed by atoms with van der Waals surface area (Å²) in [4.78, 5) is 23.0. The summed E-state index contributed by atoms with van der Waals surface area (Å²) in [6.07, 6.45) is 2.99. The van der Waals surface area contributed by atoms with Crippen molar-refractivity contribution < 1.29 is 18.7 Å². The van der Waals surface area contributed by atoms with E-state index in [-0.39, 0.29) is 11.5 Å². The van der Waals surface area contributed by atoms with Gasteiger partial charge in [0, 0.05) is 12.0 Å². The summed E-state index contributed by atoms with van der Waals surface area (Å²) in [6.45, 7) is 0. The van der Waals surface area contributed by atoms with E-state index in [9.17, 15) is 14.0 Å². The maximum Gasteiger partial charge on any atom is 0.411 e. The molecule has 0 radical (unpaired) electrons. The summed E-state index contributed by atoms with van der Waals surface area (Å²) in [5.41, 5.74) is 0.373. The maximum absolute atomic E-state index is 13.5. The Morgan fingerprint density at radius 2 is 2.16 bits per heavy atom. The van der Waals surface area contributed by atoms with Crippen molar-refractivity contribution in [2.24, 2.45) is 5.92 Å². The van der Waals surface area contributed by atoms with E-state index in [0.717, 1.165) is 6.42 Å². The lowest BCUT2D eigenvalue weighted by atomic mass is 10.0. The number of carbonyl (C=O) groups excluding carboxylic acids is 2. The Balaban J connectivity index is 2.05. The van der Waals surface area contributed by atoms with Crippen molar-refractivity contribution in [2.75, 3.05) is 12.4 Å². The molecule has 1 saturated carbocycles. The number of hydrogen-bond acceptors (Lipinski definition) is 3. The first-order chi connectivity index (χ1) is 9.10. The number of ether oxygens (including phenoxy) is 1. The molecule has 0 aliphatic heterocycles. The van der Waals surface area contributed by atoms with Crippen molar-refractivity contribution in [2.45, 2.75) is 25.7 Å². The summed E-state index contributed by atoms with van der Waals surface area (Å²) < 4.78 is 17.9. The second kappa shape index (κ2) is 5.82. The van der Waals surface area contributed by atoms with Crippen molar-refractivity contribution in [3.05, 3.63) is 29.6 Å². The highest BCUT2D eigenvalue weighted by Gasteiger charge is 2.22. The van der Waals surface area contributed by atoms with E-state index in [2.05, 4.69) is 10.1 Å². The molecule has 1 fully saturated rings. The monoisotopic (exact) mass is 265 g/mol. The molecular formula is C14H16FNO3. The quantitative estimate of drug-likeness (QED) is 0.830. The fourth-order valence-electron chi connectivity index (χ4n) is 1.84. The Bertz CT molecular complexity index is 497. The Morgan fingerprint density at radius 3 is 2.79 bits per heavy atom. The molecule has 1 aliphatic rings. The predicted molar refractivity (Wildman–Crippen MR) is 68.7 cm³/mol. The molecule has 0 bridgehead atoms. The number of amides is 1. The van der Waals surface area contributed by atoms with Gasteiger partial charge in [0.05, 0.1) is 12.8 Å². The van der Waals surface area contributed by atoms with Gasteiger partial charge in [-0.2, -0.15) is 0 Å². The number of anilines is 1. The molecule has 1 aromatic rings. The third-order valence-electron chi connectivity index (χ3n) is 3.19. The topological polar surface area (TPSA) is 55.4 Å². The van der Waals surface area contributed by atoms with Gasteiger partial charge >= 0.3 is 6.09 Å². The number of halogens is 1. The van der Waals surface area contributed by atoms with Crippen LogP contribution in [-0.4, -0.2) is 19.0 Å². The zero-order chi connectivity index (χ0) is 13.8. The Morgan fingerprint density at radius 1 is 1.42 bits per heavy atom. The molecule has 5 heteroatoms. The second-order valence-corrected chi connectivity index (χ2v) is 4.72. The summed E-state index contributed by atoms with van der Waals surface area (Å²) in [6, 6.07) is 3.96. The standard InChI is InChI=1S/C14H16FNO3/c1-19-14(18)16-12-8-10(5-6-11(12)15)13(17)7-4-9-2-3-9/h5-6,8-9H,2-4,7H2,1H3,(H,16,18). The largest absolute Gasteiger partial charge is 0.453 e. The highest BCUT2D eigenvalue weighted by atomic mass is 19.1. The molecule has 2 rings (SSSR count). The summed E-state index contributed by atoms with van der Waals surface area (Å²) in [5.74, 6) is 0.0565. The van der Waals surface area contributed by atoms with E-state index in [0.29, 0.717) is 17.9 Å². The number of Topliss-reactive ketones (excluding diaryl/α,β-unsaturated/α-hetero) is 1. The first kappa shape index (κ1) is 13.5. The molecule has 4 nitrogen and oxygen atoms in total. The Labute approximate surface area is 110 Å². The van der Waals surface area contributed by atoms with Gasteiger partial charge in [0.15, 0.2) is 5.78 Å². The minimum atomic E-state index is -0.763. The molecule has 0 spiro atoms. The number of benzene rings is 1. The third kappa shape index (κ3) is 3.77. The lowest BCUT2D eigenvalue weighted by Crippen LogP contribution is -2.13. The second-order valence-electron chi connectivity index (χ2n) is 4.72. The highest BCUT2D eigenvalue weighted by Crippen LogP contribution is 2.34. The van der Waals surface area contributed by atoms with Crippen molar-refractivity contribution in [3.63, 3.8) is 0 Å². The van der Waals surface area contributed by atoms with Crippen LogP contribution in [-0.2, 0) is 4.74 Å². The Hall–Kier alpha value is -1.91. The van der Waals surface area contributed by atoms with Gasteiger partial charge in [-0.05, 0) is 30.5 Å². The van der Waals surface area contributed by atoms with Crippen LogP contribution in [0.15, 0.2) is 18.2 Å². The van der Waals surface area contributed by atoms with Crippen molar-refractivity contribution in [1.82, 2.24) is 0 Å². The van der Waals surface area contributed by atoms with Gasteiger partial charge in [-0.15, -0.1) is 0 Å². The SMILES string of the molecule is COC(=O)Nc1cc(C(=O)CCC2CC2)ccc1F. The van der Waals surface area contributed by atoms with Crippen LogP contribution in [0.5, 0.6) is 0 Å². The van der Waals surface area contributed by atoms with Gasteiger partial charge in [0.2, 0.25) is 0 Å². The fraction of sp³-hybridized carbons (Fsp3) is 0.429. The van der Waals surface area contributed by atoms with Crippen molar-refractivity contribution >= 4 is 17.6 Å². The minimum Gasteiger partial charge on any atom is -0.453 e. The molecule has 102 valence electrons. The molecule has 1 aliphatic carbocycles. The number of ketones is 1. The third-order valence-corrected chi connectivity index (χ3v) is 3.19. The molecule has 19 heavy (non-hydrogen) atoms. The van der Waals surface area contributed by atoms with Gasteiger partial charge in [-0.25, -0.2) is 9.18 Å². The van der Waals surface area contributed by atoms with Gasteiger partial charge in [-0.1, -0.05) is 12.8 Å². The van der Waals surface area contributed by atoms with Crippen LogP contribution in [0.3, 0.4) is 0 Å². The molecule has 0 saturated heterocycles. The first-order valence-corrected chi connectivity index (χ1v) is 6.28. The normalized spacial score (nSPS) is 14.0. The van der Waals surface area contributed by atoms with E-state index in [4.69, 9.17) is 0 Å². The molecule has 1 aromatic carbocycles. The van der Waals surface area contributed by atoms with Crippen LogP contribution in [0.4, 0.5) is 14.9 Å². The number of rotatable bonds is 5. The number of methoxy groups -OCH3 is 1. The van der Waals surface area contributed by atoms with Crippen LogP contribution in [0.1, 0.15) is 36.0 Å². The zero-order valence-corrected chi connectivity index (χ0v) is 10.7. The van der Waals surface area contributed by atoms with Crippen LogP contribution in [0.2, 0.25) is 0 Å². The van der Waals surface area contributed by atoms with Crippen LogP contribution >= 0.6 is 0 Å². The highest BCUT2D eigenvalue weighted by molar-refractivity contribution is 5.97. The summed E-state index contributed by atoms with van der Waals surface area (Å²) in [7, 11) is 1.19. The molecule has 1 amide bonds. The van der Waals surface area contributed by atoms with Crippen LogP contribution in [0.25, 0.3) is 0 Å². The smallest absolute Gasteiger partial charge is 0.411 e. The summed E-state index contributed by atoms with van der Waals surface area (Å²) >= 11 is 0. The zero-order valence-electron chi connectivity index (χ0n) is 10.7. The van der Waals surface area contributed by atoms with Gasteiger partial charge in [0.25, 0.3) is 0 Å². The van der Waals surface area contributed by atoms with E-state index >= 15 is 0 Å². The average Bonchev–Trinajstić information content (AvgIpc) is 3.22. The van der Waals surface area contributed by atoms with Gasteiger partial charge in [-0.3, -0.25) is 10.1 Å². The van der Waals surface area contributed by atoms with Crippen molar-refractivity contribution in [3.8, 4) is 0 Å². The van der Waals surface area contributed by atoms with E-state index in [1.807, 2.05) is 0 Å². The Kier molecular flexibility index (Phi) is 4.14. The lowest BCUT2D eigenvalue weighted by molar-refractivity contribution is 0.0978. The van der Waals surface area contributed by atoms with Crippen LogP contribution < -0.4 is 5.32 Å². The molecule has 0 aromatic heterocycles. The lowest BCUT2D eigenvalue weighted by Gasteiger charge is -2.07. The van der Waals surface area contributed by atoms with E-state index < -0.39 is 11.9 Å². The molecule has 1 N–H and O–H groups in total. The predicted octanol–water partition coefficient (Wildman–Crippen LogP) is 3.38. The van der Waals surface area contributed by atoms with E-state index in [1.165, 1.54) is 38.2 Å². The number of nitrogens with one attached hydrogen (secondary N) is 1.